The van der Waals surface area contributed by atoms with Gasteiger partial charge in [-0.05, 0) is 34.5 Å². The van der Waals surface area contributed by atoms with Crippen LogP contribution in [0.15, 0.2) is 22.7 Å². The second-order valence-corrected chi connectivity index (χ2v) is 5.96. The number of rotatable bonds is 5. The van der Waals surface area contributed by atoms with Gasteiger partial charge in [-0.1, -0.05) is 24.6 Å². The molecule has 2 aromatic rings. The largest absolute Gasteiger partial charge is 0.496 e. The summed E-state index contributed by atoms with van der Waals surface area (Å²) in [5.74, 6) is 0.587. The maximum Gasteiger partial charge on any atom is 0.126 e. The smallest absolute Gasteiger partial charge is 0.126 e. The van der Waals surface area contributed by atoms with Crippen molar-refractivity contribution in [3.05, 3.63) is 44.6 Å². The van der Waals surface area contributed by atoms with E-state index in [4.69, 9.17) is 16.3 Å². The van der Waals surface area contributed by atoms with Gasteiger partial charge in [-0.3, -0.25) is 4.68 Å². The molecule has 1 unspecified atom stereocenters. The van der Waals surface area contributed by atoms with Crippen molar-refractivity contribution in [2.24, 2.45) is 7.05 Å². The number of halogens is 2. The molecular weight excluding hydrogens is 356 g/mol. The molecular formula is C15H18BrClN2O2. The molecule has 0 aliphatic carbocycles. The Morgan fingerprint density at radius 3 is 2.76 bits per heavy atom. The van der Waals surface area contributed by atoms with Gasteiger partial charge in [0, 0.05) is 19.0 Å². The molecule has 0 aliphatic heterocycles. The highest BCUT2D eigenvalue weighted by Crippen LogP contribution is 2.35. The Hall–Kier alpha value is -1.04. The van der Waals surface area contributed by atoms with Gasteiger partial charge in [0.15, 0.2) is 0 Å². The van der Waals surface area contributed by atoms with Crippen LogP contribution >= 0.6 is 27.5 Å². The van der Waals surface area contributed by atoms with Crippen LogP contribution in [-0.2, 0) is 19.9 Å². The summed E-state index contributed by atoms with van der Waals surface area (Å²) in [5.41, 5.74) is 2.51. The summed E-state index contributed by atoms with van der Waals surface area (Å²) >= 11 is 9.77. The van der Waals surface area contributed by atoms with E-state index in [1.807, 2.05) is 14.0 Å². The zero-order chi connectivity index (χ0) is 15.6. The van der Waals surface area contributed by atoms with Crippen LogP contribution in [0.5, 0.6) is 5.75 Å². The van der Waals surface area contributed by atoms with Crippen molar-refractivity contribution in [3.63, 3.8) is 0 Å². The molecule has 0 bridgehead atoms. The van der Waals surface area contributed by atoms with E-state index in [0.717, 1.165) is 22.3 Å². The maximum absolute atomic E-state index is 10.6. The van der Waals surface area contributed by atoms with Crippen molar-refractivity contribution >= 4 is 27.5 Å². The van der Waals surface area contributed by atoms with Crippen LogP contribution in [0.2, 0.25) is 5.02 Å². The van der Waals surface area contributed by atoms with Crippen LogP contribution in [0.25, 0.3) is 0 Å². The van der Waals surface area contributed by atoms with Gasteiger partial charge < -0.3 is 9.84 Å². The first-order valence-electron chi connectivity index (χ1n) is 6.70. The molecule has 1 N–H and O–H groups in total. The fourth-order valence-corrected chi connectivity index (χ4v) is 3.42. The molecule has 1 heterocycles. The van der Waals surface area contributed by atoms with E-state index in [0.29, 0.717) is 22.8 Å². The van der Waals surface area contributed by atoms with E-state index >= 15 is 0 Å². The quantitative estimate of drug-likeness (QED) is 0.869. The lowest BCUT2D eigenvalue weighted by atomic mass is 10.0. The molecule has 0 amide bonds. The van der Waals surface area contributed by atoms with E-state index in [2.05, 4.69) is 21.0 Å². The van der Waals surface area contributed by atoms with Crippen LogP contribution in [0.4, 0.5) is 0 Å². The normalized spacial score (nSPS) is 12.5. The first kappa shape index (κ1) is 16.3. The SMILES string of the molecule is CCc1nn(C)c(CC(O)c2c(Cl)cccc2OC)c1Br. The third-order valence-corrected chi connectivity index (χ3v) is 4.70. The molecule has 0 aliphatic rings. The molecule has 0 fully saturated rings. The molecule has 0 saturated carbocycles. The van der Waals surface area contributed by atoms with Gasteiger partial charge in [0.2, 0.25) is 0 Å². The Bertz CT molecular complexity index is 643. The summed E-state index contributed by atoms with van der Waals surface area (Å²) < 4.78 is 8.02. The van der Waals surface area contributed by atoms with Crippen molar-refractivity contribution in [2.75, 3.05) is 7.11 Å². The van der Waals surface area contributed by atoms with E-state index in [9.17, 15) is 5.11 Å². The number of aryl methyl sites for hydroxylation is 2. The molecule has 2 rings (SSSR count). The monoisotopic (exact) mass is 372 g/mol. The van der Waals surface area contributed by atoms with Crippen LogP contribution in [0.3, 0.4) is 0 Å². The number of aliphatic hydroxyl groups is 1. The molecule has 1 atom stereocenters. The van der Waals surface area contributed by atoms with E-state index in [1.165, 1.54) is 0 Å². The molecule has 21 heavy (non-hydrogen) atoms. The standard InChI is InChI=1S/C15H18BrClN2O2/c1-4-10-15(16)11(19(2)18-10)8-12(20)14-9(17)6-5-7-13(14)21-3/h5-7,12,20H,4,8H2,1-3H3. The summed E-state index contributed by atoms with van der Waals surface area (Å²) in [6, 6.07) is 5.34. The van der Waals surface area contributed by atoms with Crippen LogP contribution in [0, 0.1) is 0 Å². The number of hydrogen-bond acceptors (Lipinski definition) is 3. The second kappa shape index (κ2) is 6.81. The summed E-state index contributed by atoms with van der Waals surface area (Å²) in [7, 11) is 3.44. The topological polar surface area (TPSA) is 47.3 Å². The Labute approximate surface area is 137 Å². The minimum absolute atomic E-state index is 0.407. The fraction of sp³-hybridized carbons (Fsp3) is 0.400. The summed E-state index contributed by atoms with van der Waals surface area (Å²) in [6.07, 6.45) is 0.481. The van der Waals surface area contributed by atoms with E-state index in [-0.39, 0.29) is 0 Å². The number of benzene rings is 1. The predicted molar refractivity (Wildman–Crippen MR) is 87.0 cm³/mol. The number of ether oxygens (including phenoxy) is 1. The minimum Gasteiger partial charge on any atom is -0.496 e. The van der Waals surface area contributed by atoms with Gasteiger partial charge in [0.1, 0.15) is 5.75 Å². The lowest BCUT2D eigenvalue weighted by molar-refractivity contribution is 0.171. The van der Waals surface area contributed by atoms with Gasteiger partial charge in [-0.15, -0.1) is 0 Å². The number of methoxy groups -OCH3 is 1. The van der Waals surface area contributed by atoms with Crippen molar-refractivity contribution in [3.8, 4) is 5.75 Å². The lowest BCUT2D eigenvalue weighted by Crippen LogP contribution is -2.08. The zero-order valence-corrected chi connectivity index (χ0v) is 14.6. The Kier molecular flexibility index (Phi) is 5.30. The highest BCUT2D eigenvalue weighted by Gasteiger charge is 2.21. The van der Waals surface area contributed by atoms with Gasteiger partial charge in [0.05, 0.1) is 34.1 Å². The molecule has 0 spiro atoms. The summed E-state index contributed by atoms with van der Waals surface area (Å²) in [6.45, 7) is 2.05. The average molecular weight is 374 g/mol. The number of aromatic nitrogens is 2. The summed E-state index contributed by atoms with van der Waals surface area (Å²) in [5, 5.41) is 15.5. The van der Waals surface area contributed by atoms with Gasteiger partial charge in [-0.2, -0.15) is 5.10 Å². The molecule has 114 valence electrons. The van der Waals surface area contributed by atoms with Crippen LogP contribution < -0.4 is 4.74 Å². The molecule has 0 radical (unpaired) electrons. The highest BCUT2D eigenvalue weighted by atomic mass is 79.9. The number of nitrogens with zero attached hydrogens (tertiary/aromatic N) is 2. The minimum atomic E-state index is -0.759. The molecule has 0 saturated heterocycles. The Balaban J connectivity index is 2.35. The average Bonchev–Trinajstić information content (AvgIpc) is 2.74. The van der Waals surface area contributed by atoms with E-state index in [1.54, 1.807) is 30.0 Å². The number of hydrogen-bond donors (Lipinski definition) is 1. The first-order valence-corrected chi connectivity index (χ1v) is 7.87. The van der Waals surface area contributed by atoms with Crippen molar-refractivity contribution in [1.29, 1.82) is 0 Å². The van der Waals surface area contributed by atoms with Gasteiger partial charge >= 0.3 is 0 Å². The predicted octanol–water partition coefficient (Wildman–Crippen LogP) is 3.68. The van der Waals surface area contributed by atoms with Crippen molar-refractivity contribution in [2.45, 2.75) is 25.9 Å². The molecule has 4 nitrogen and oxygen atoms in total. The summed E-state index contributed by atoms with van der Waals surface area (Å²) in [4.78, 5) is 0. The van der Waals surface area contributed by atoms with Crippen LogP contribution in [-0.4, -0.2) is 22.0 Å². The van der Waals surface area contributed by atoms with Crippen LogP contribution in [0.1, 0.15) is 30.0 Å². The third kappa shape index (κ3) is 3.25. The highest BCUT2D eigenvalue weighted by molar-refractivity contribution is 9.10. The molecule has 1 aromatic heterocycles. The van der Waals surface area contributed by atoms with Crippen molar-refractivity contribution < 1.29 is 9.84 Å². The van der Waals surface area contributed by atoms with Gasteiger partial charge in [-0.25, -0.2) is 0 Å². The first-order chi connectivity index (χ1) is 9.99. The fourth-order valence-electron chi connectivity index (χ4n) is 2.35. The number of aliphatic hydroxyl groups excluding tert-OH is 1. The maximum atomic E-state index is 10.6. The second-order valence-electron chi connectivity index (χ2n) is 4.76. The lowest BCUT2D eigenvalue weighted by Gasteiger charge is -2.16. The van der Waals surface area contributed by atoms with E-state index < -0.39 is 6.10 Å². The molecule has 1 aromatic carbocycles. The third-order valence-electron chi connectivity index (χ3n) is 3.46. The van der Waals surface area contributed by atoms with Crippen molar-refractivity contribution in [1.82, 2.24) is 9.78 Å². The van der Waals surface area contributed by atoms with Gasteiger partial charge in [0.25, 0.3) is 0 Å². The zero-order valence-electron chi connectivity index (χ0n) is 12.2. The Morgan fingerprint density at radius 2 is 2.19 bits per heavy atom. The molecule has 6 heteroatoms. The Morgan fingerprint density at radius 1 is 1.48 bits per heavy atom.